The van der Waals surface area contributed by atoms with E-state index in [0.717, 1.165) is 19.3 Å². The second kappa shape index (κ2) is 10.6. The second-order valence-electron chi connectivity index (χ2n) is 6.70. The van der Waals surface area contributed by atoms with Gasteiger partial charge in [0.15, 0.2) is 5.82 Å². The molecule has 152 valence electrons. The molecule has 2 N–H and O–H groups in total. The summed E-state index contributed by atoms with van der Waals surface area (Å²) in [6.07, 6.45) is 2.90. The lowest BCUT2D eigenvalue weighted by Crippen LogP contribution is -2.35. The molecule has 8 heteroatoms. The van der Waals surface area contributed by atoms with Crippen LogP contribution in [0.3, 0.4) is 0 Å². The summed E-state index contributed by atoms with van der Waals surface area (Å²) in [7, 11) is 0. The molecule has 0 bridgehead atoms. The Hall–Kier alpha value is -2.74. The number of nitrogens with zero attached hydrogens (tertiary/aromatic N) is 3. The molecule has 1 atom stereocenters. The molecule has 0 saturated carbocycles. The van der Waals surface area contributed by atoms with Crippen LogP contribution in [0.1, 0.15) is 58.3 Å². The number of likely N-dealkylation sites (N-methyl/N-ethyl adjacent to an activating group) is 1. The lowest BCUT2D eigenvalue weighted by atomic mass is 10.2. The van der Waals surface area contributed by atoms with Crippen molar-refractivity contribution in [2.45, 2.75) is 53.0 Å². The lowest BCUT2D eigenvalue weighted by Gasteiger charge is -2.24. The van der Waals surface area contributed by atoms with E-state index in [0.29, 0.717) is 29.6 Å². The molecule has 1 aromatic carbocycles. The van der Waals surface area contributed by atoms with Crippen LogP contribution in [0.5, 0.6) is 0 Å². The van der Waals surface area contributed by atoms with Crippen molar-refractivity contribution in [2.75, 3.05) is 23.7 Å². The van der Waals surface area contributed by atoms with E-state index in [-0.39, 0.29) is 24.4 Å². The van der Waals surface area contributed by atoms with Crippen LogP contribution in [-0.4, -0.2) is 39.9 Å². The Morgan fingerprint density at radius 2 is 1.79 bits per heavy atom. The number of anilines is 2. The molecule has 0 aliphatic heterocycles. The Bertz CT molecular complexity index is 772. The highest BCUT2D eigenvalue weighted by Gasteiger charge is 2.22. The van der Waals surface area contributed by atoms with Crippen molar-refractivity contribution in [3.05, 3.63) is 36.0 Å². The monoisotopic (exact) mass is 387 g/mol. The normalized spacial score (nSPS) is 12.0. The first-order valence-electron chi connectivity index (χ1n) is 9.67. The van der Waals surface area contributed by atoms with Gasteiger partial charge in [0.1, 0.15) is 0 Å². The van der Waals surface area contributed by atoms with Gasteiger partial charge in [0.2, 0.25) is 17.7 Å². The van der Waals surface area contributed by atoms with E-state index in [1.807, 2.05) is 18.7 Å². The van der Waals surface area contributed by atoms with Gasteiger partial charge in [0.05, 0.1) is 12.6 Å². The third kappa shape index (κ3) is 6.45. The third-order valence-corrected chi connectivity index (χ3v) is 4.38. The number of amides is 2. The number of aromatic nitrogens is 2. The maximum absolute atomic E-state index is 12.4. The van der Waals surface area contributed by atoms with Crippen molar-refractivity contribution in [3.63, 3.8) is 0 Å². The maximum atomic E-state index is 12.4. The average Bonchev–Trinajstić information content (AvgIpc) is 3.14. The summed E-state index contributed by atoms with van der Waals surface area (Å²) in [5, 5.41) is 9.58. The van der Waals surface area contributed by atoms with Crippen LogP contribution in [0, 0.1) is 0 Å². The van der Waals surface area contributed by atoms with Gasteiger partial charge in [-0.2, -0.15) is 4.98 Å². The standard InChI is InChI=1S/C20H29N5O3/c1-5-7-8-18-23-20(28-24-18)14(3)25(6-2)13-19(27)22-17-11-9-16(10-12-17)21-15(4)26/h9-12,14H,5-8,13H2,1-4H3,(H,21,26)(H,22,27). The van der Waals surface area contributed by atoms with Gasteiger partial charge in [-0.1, -0.05) is 25.4 Å². The first kappa shape index (κ1) is 21.6. The highest BCUT2D eigenvalue weighted by Crippen LogP contribution is 2.19. The number of unbranched alkanes of at least 4 members (excludes halogenated alkanes) is 1. The molecule has 8 nitrogen and oxygen atoms in total. The zero-order chi connectivity index (χ0) is 20.5. The number of nitrogens with one attached hydrogen (secondary N) is 2. The van der Waals surface area contributed by atoms with Gasteiger partial charge < -0.3 is 15.2 Å². The van der Waals surface area contributed by atoms with Gasteiger partial charge in [-0.3, -0.25) is 14.5 Å². The van der Waals surface area contributed by atoms with Crippen molar-refractivity contribution < 1.29 is 14.1 Å². The topological polar surface area (TPSA) is 100 Å². The van der Waals surface area contributed by atoms with Gasteiger partial charge in [-0.15, -0.1) is 0 Å². The van der Waals surface area contributed by atoms with Gasteiger partial charge in [-0.05, 0) is 44.2 Å². The van der Waals surface area contributed by atoms with Crippen molar-refractivity contribution >= 4 is 23.2 Å². The van der Waals surface area contributed by atoms with E-state index < -0.39 is 0 Å². The molecule has 2 amide bonds. The van der Waals surface area contributed by atoms with Crippen LogP contribution in [0.2, 0.25) is 0 Å². The number of aryl methyl sites for hydroxylation is 1. The molecule has 0 aliphatic rings. The minimum atomic E-state index is -0.152. The number of benzene rings is 1. The molecule has 0 spiro atoms. The first-order valence-corrected chi connectivity index (χ1v) is 9.67. The Balaban J connectivity index is 1.92. The number of rotatable bonds is 10. The smallest absolute Gasteiger partial charge is 0.243 e. The molecule has 2 rings (SSSR count). The van der Waals surface area contributed by atoms with Gasteiger partial charge >= 0.3 is 0 Å². The molecule has 0 aliphatic carbocycles. The lowest BCUT2D eigenvalue weighted by molar-refractivity contribution is -0.118. The number of carbonyl (C=O) groups is 2. The molecule has 1 aromatic heterocycles. The minimum Gasteiger partial charge on any atom is -0.338 e. The first-order chi connectivity index (χ1) is 13.4. The largest absolute Gasteiger partial charge is 0.338 e. The van der Waals surface area contributed by atoms with E-state index in [4.69, 9.17) is 4.52 Å². The van der Waals surface area contributed by atoms with Gasteiger partial charge in [0, 0.05) is 24.7 Å². The predicted octanol–water partition coefficient (Wildman–Crippen LogP) is 3.39. The molecule has 2 aromatic rings. The third-order valence-electron chi connectivity index (χ3n) is 4.38. The summed E-state index contributed by atoms with van der Waals surface area (Å²) < 4.78 is 5.38. The maximum Gasteiger partial charge on any atom is 0.243 e. The Labute approximate surface area is 165 Å². The second-order valence-corrected chi connectivity index (χ2v) is 6.70. The zero-order valence-electron chi connectivity index (χ0n) is 17.0. The average molecular weight is 387 g/mol. The minimum absolute atomic E-state index is 0.133. The Kier molecular flexibility index (Phi) is 8.13. The highest BCUT2D eigenvalue weighted by molar-refractivity contribution is 5.93. The zero-order valence-corrected chi connectivity index (χ0v) is 17.0. The van der Waals surface area contributed by atoms with Crippen LogP contribution >= 0.6 is 0 Å². The van der Waals surface area contributed by atoms with Crippen LogP contribution < -0.4 is 10.6 Å². The quantitative estimate of drug-likeness (QED) is 0.648. The van der Waals surface area contributed by atoms with E-state index in [1.54, 1.807) is 24.3 Å². The molecule has 0 radical (unpaired) electrons. The van der Waals surface area contributed by atoms with E-state index >= 15 is 0 Å². The summed E-state index contributed by atoms with van der Waals surface area (Å²) in [6.45, 7) is 8.39. The number of carbonyl (C=O) groups excluding carboxylic acids is 2. The Morgan fingerprint density at radius 1 is 1.14 bits per heavy atom. The van der Waals surface area contributed by atoms with Gasteiger partial charge in [0.25, 0.3) is 0 Å². The number of hydrogen-bond donors (Lipinski definition) is 2. The van der Waals surface area contributed by atoms with Crippen molar-refractivity contribution in [1.29, 1.82) is 0 Å². The van der Waals surface area contributed by atoms with Crippen LogP contribution in [0.15, 0.2) is 28.8 Å². The van der Waals surface area contributed by atoms with E-state index in [9.17, 15) is 9.59 Å². The summed E-state index contributed by atoms with van der Waals surface area (Å²) >= 11 is 0. The molecule has 0 saturated heterocycles. The molecule has 1 heterocycles. The predicted molar refractivity (Wildman–Crippen MR) is 108 cm³/mol. The summed E-state index contributed by atoms with van der Waals surface area (Å²) in [5.41, 5.74) is 1.35. The fourth-order valence-electron chi connectivity index (χ4n) is 2.78. The number of hydrogen-bond acceptors (Lipinski definition) is 6. The summed E-state index contributed by atoms with van der Waals surface area (Å²) in [6, 6.07) is 6.84. The fraction of sp³-hybridized carbons (Fsp3) is 0.500. The van der Waals surface area contributed by atoms with Crippen LogP contribution in [0.4, 0.5) is 11.4 Å². The summed E-state index contributed by atoms with van der Waals surface area (Å²) in [4.78, 5) is 29.9. The van der Waals surface area contributed by atoms with Crippen molar-refractivity contribution in [1.82, 2.24) is 15.0 Å². The molecular formula is C20H29N5O3. The molecule has 1 unspecified atom stereocenters. The van der Waals surface area contributed by atoms with Gasteiger partial charge in [-0.25, -0.2) is 0 Å². The molecular weight excluding hydrogens is 358 g/mol. The SMILES string of the molecule is CCCCc1noc(C(C)N(CC)CC(=O)Nc2ccc(NC(C)=O)cc2)n1. The van der Waals surface area contributed by atoms with Crippen LogP contribution in [0.25, 0.3) is 0 Å². The summed E-state index contributed by atoms with van der Waals surface area (Å²) in [5.74, 6) is 0.971. The fourth-order valence-corrected chi connectivity index (χ4v) is 2.78. The molecule has 28 heavy (non-hydrogen) atoms. The van der Waals surface area contributed by atoms with Crippen LogP contribution in [-0.2, 0) is 16.0 Å². The van der Waals surface area contributed by atoms with Crippen molar-refractivity contribution in [3.8, 4) is 0 Å². The van der Waals surface area contributed by atoms with E-state index in [1.165, 1.54) is 6.92 Å². The van der Waals surface area contributed by atoms with E-state index in [2.05, 4.69) is 27.7 Å². The highest BCUT2D eigenvalue weighted by atomic mass is 16.5. The Morgan fingerprint density at radius 3 is 2.36 bits per heavy atom. The van der Waals surface area contributed by atoms with Crippen molar-refractivity contribution in [2.24, 2.45) is 0 Å². The molecule has 0 fully saturated rings.